The molecule has 0 aliphatic heterocycles. The lowest BCUT2D eigenvalue weighted by atomic mass is 10.0. The van der Waals surface area contributed by atoms with E-state index in [0.717, 1.165) is 22.1 Å². The molecule has 0 aliphatic carbocycles. The van der Waals surface area contributed by atoms with Gasteiger partial charge in [-0.15, -0.1) is 0 Å². The highest BCUT2D eigenvalue weighted by atomic mass is 16.6. The topological polar surface area (TPSA) is 90.2 Å². The van der Waals surface area contributed by atoms with Crippen LogP contribution in [-0.2, 0) is 6.54 Å². The van der Waals surface area contributed by atoms with Crippen molar-refractivity contribution < 1.29 is 9.66 Å². The Kier molecular flexibility index (Phi) is 4.74. The summed E-state index contributed by atoms with van der Waals surface area (Å²) in [4.78, 5) is 18.1. The van der Waals surface area contributed by atoms with Gasteiger partial charge in [-0.25, -0.2) is 9.97 Å². The van der Waals surface area contributed by atoms with Crippen molar-refractivity contribution in [2.75, 3.05) is 5.32 Å². The lowest BCUT2D eigenvalue weighted by Gasteiger charge is -2.17. The van der Waals surface area contributed by atoms with E-state index in [4.69, 9.17) is 4.74 Å². The molecule has 0 amide bonds. The minimum Gasteiger partial charge on any atom is -0.491 e. The van der Waals surface area contributed by atoms with Gasteiger partial charge in [-0.05, 0) is 30.7 Å². The van der Waals surface area contributed by atoms with Gasteiger partial charge in [0.05, 0.1) is 11.0 Å². The van der Waals surface area contributed by atoms with E-state index in [1.807, 2.05) is 50.2 Å². The van der Waals surface area contributed by atoms with E-state index >= 15 is 0 Å². The fourth-order valence-corrected chi connectivity index (χ4v) is 2.54. The first-order valence-electron chi connectivity index (χ1n) is 7.92. The number of nitrogens with zero attached hydrogens (tertiary/aromatic N) is 3. The van der Waals surface area contributed by atoms with Crippen LogP contribution in [0.2, 0.25) is 0 Å². The smallest absolute Gasteiger partial charge is 0.305 e. The second-order valence-corrected chi connectivity index (χ2v) is 5.81. The summed E-state index contributed by atoms with van der Waals surface area (Å²) < 4.78 is 5.92. The van der Waals surface area contributed by atoms with E-state index in [1.54, 1.807) is 0 Å². The predicted octanol–water partition coefficient (Wildman–Crippen LogP) is 3.94. The van der Waals surface area contributed by atoms with E-state index in [-0.39, 0.29) is 11.8 Å². The van der Waals surface area contributed by atoms with Gasteiger partial charge < -0.3 is 10.1 Å². The molecule has 2 aromatic carbocycles. The first-order valence-corrected chi connectivity index (χ1v) is 7.92. The van der Waals surface area contributed by atoms with Crippen LogP contribution in [0, 0.1) is 10.1 Å². The molecule has 0 saturated carbocycles. The van der Waals surface area contributed by atoms with Crippen molar-refractivity contribution in [3.05, 3.63) is 64.5 Å². The van der Waals surface area contributed by atoms with Crippen LogP contribution in [0.5, 0.6) is 5.75 Å². The van der Waals surface area contributed by atoms with Crippen LogP contribution in [0.4, 0.5) is 11.6 Å². The highest BCUT2D eigenvalue weighted by Crippen LogP contribution is 2.29. The molecular weight excluding hydrogens is 320 g/mol. The highest BCUT2D eigenvalue weighted by molar-refractivity contribution is 5.88. The number of nitro groups is 1. The van der Waals surface area contributed by atoms with Crippen LogP contribution in [0.15, 0.2) is 48.8 Å². The maximum Gasteiger partial charge on any atom is 0.305 e. The van der Waals surface area contributed by atoms with Crippen LogP contribution >= 0.6 is 0 Å². The Balaban J connectivity index is 1.89. The zero-order valence-corrected chi connectivity index (χ0v) is 14.0. The lowest BCUT2D eigenvalue weighted by Crippen LogP contribution is -2.10. The van der Waals surface area contributed by atoms with E-state index < -0.39 is 4.92 Å². The normalized spacial score (nSPS) is 10.8. The summed E-state index contributed by atoms with van der Waals surface area (Å²) in [6.45, 7) is 4.40. The minimum atomic E-state index is -0.525. The first kappa shape index (κ1) is 16.6. The summed E-state index contributed by atoms with van der Waals surface area (Å²) in [6, 6.07) is 12.0. The standard InChI is InChI=1S/C18H18N4O3/c1-12(2)25-17-8-7-13-5-3-4-6-15(13)16(17)11-21-18-19-9-14(10-20-18)22(23)24/h3-10,12H,11H2,1-2H3,(H,19,20,21). The molecule has 0 spiro atoms. The van der Waals surface area contributed by atoms with E-state index in [9.17, 15) is 10.1 Å². The molecule has 7 heteroatoms. The molecule has 25 heavy (non-hydrogen) atoms. The molecule has 0 bridgehead atoms. The predicted molar refractivity (Wildman–Crippen MR) is 95.7 cm³/mol. The maximum absolute atomic E-state index is 10.7. The molecule has 1 aromatic heterocycles. The third kappa shape index (κ3) is 3.82. The molecule has 0 saturated heterocycles. The maximum atomic E-state index is 10.7. The number of aromatic nitrogens is 2. The third-order valence-electron chi connectivity index (χ3n) is 3.63. The first-order chi connectivity index (χ1) is 12.0. The molecule has 0 radical (unpaired) electrons. The summed E-state index contributed by atoms with van der Waals surface area (Å²) in [7, 11) is 0. The van der Waals surface area contributed by atoms with Gasteiger partial charge in [-0.1, -0.05) is 30.3 Å². The van der Waals surface area contributed by atoms with E-state index in [1.165, 1.54) is 12.4 Å². The Morgan fingerprint density at radius 1 is 1.16 bits per heavy atom. The Labute approximate surface area is 144 Å². The van der Waals surface area contributed by atoms with E-state index in [2.05, 4.69) is 15.3 Å². The van der Waals surface area contributed by atoms with Crippen LogP contribution in [0.3, 0.4) is 0 Å². The quantitative estimate of drug-likeness (QED) is 0.541. The van der Waals surface area contributed by atoms with Crippen molar-refractivity contribution >= 4 is 22.4 Å². The van der Waals surface area contributed by atoms with Crippen LogP contribution in [0.25, 0.3) is 10.8 Å². The molecule has 1 N–H and O–H groups in total. The van der Waals surface area contributed by atoms with Crippen LogP contribution in [-0.4, -0.2) is 21.0 Å². The van der Waals surface area contributed by atoms with Crippen LogP contribution in [0.1, 0.15) is 19.4 Å². The van der Waals surface area contributed by atoms with Gasteiger partial charge in [-0.2, -0.15) is 0 Å². The summed E-state index contributed by atoms with van der Waals surface area (Å²) >= 11 is 0. The Morgan fingerprint density at radius 3 is 2.56 bits per heavy atom. The number of fused-ring (bicyclic) bond motifs is 1. The minimum absolute atomic E-state index is 0.0514. The van der Waals surface area contributed by atoms with Gasteiger partial charge in [0.1, 0.15) is 18.1 Å². The molecule has 128 valence electrons. The van der Waals surface area contributed by atoms with Crippen molar-refractivity contribution in [3.63, 3.8) is 0 Å². The van der Waals surface area contributed by atoms with Crippen molar-refractivity contribution in [2.24, 2.45) is 0 Å². The van der Waals surface area contributed by atoms with Gasteiger partial charge in [0.2, 0.25) is 5.95 Å². The second kappa shape index (κ2) is 7.12. The van der Waals surface area contributed by atoms with E-state index in [0.29, 0.717) is 12.5 Å². The number of rotatable bonds is 6. The molecule has 7 nitrogen and oxygen atoms in total. The summed E-state index contributed by atoms with van der Waals surface area (Å²) in [5, 5.41) is 16.0. The molecule has 0 aliphatic rings. The Hall–Kier alpha value is -3.22. The fraction of sp³-hybridized carbons (Fsp3) is 0.222. The zero-order valence-electron chi connectivity index (χ0n) is 14.0. The van der Waals surface area contributed by atoms with Gasteiger partial charge >= 0.3 is 5.69 Å². The lowest BCUT2D eigenvalue weighted by molar-refractivity contribution is -0.385. The summed E-state index contributed by atoms with van der Waals surface area (Å²) in [5.41, 5.74) is 0.855. The molecular formula is C18H18N4O3. The number of nitrogens with one attached hydrogen (secondary N) is 1. The molecule has 0 atom stereocenters. The number of benzene rings is 2. The van der Waals surface area contributed by atoms with Crippen molar-refractivity contribution in [1.29, 1.82) is 0 Å². The van der Waals surface area contributed by atoms with Crippen LogP contribution < -0.4 is 10.1 Å². The average molecular weight is 338 g/mol. The number of hydrogen-bond acceptors (Lipinski definition) is 6. The van der Waals surface area contributed by atoms with Gasteiger partial charge in [0.15, 0.2) is 0 Å². The number of anilines is 1. The van der Waals surface area contributed by atoms with Gasteiger partial charge in [0, 0.05) is 12.1 Å². The zero-order chi connectivity index (χ0) is 17.8. The monoisotopic (exact) mass is 338 g/mol. The molecule has 1 heterocycles. The van der Waals surface area contributed by atoms with Crippen molar-refractivity contribution in [2.45, 2.75) is 26.5 Å². The van der Waals surface area contributed by atoms with Crippen molar-refractivity contribution in [3.8, 4) is 5.75 Å². The Morgan fingerprint density at radius 2 is 1.88 bits per heavy atom. The van der Waals surface area contributed by atoms with Gasteiger partial charge in [0.25, 0.3) is 0 Å². The second-order valence-electron chi connectivity index (χ2n) is 5.81. The Bertz CT molecular complexity index is 894. The highest BCUT2D eigenvalue weighted by Gasteiger charge is 2.12. The third-order valence-corrected chi connectivity index (χ3v) is 3.63. The molecule has 3 rings (SSSR count). The SMILES string of the molecule is CC(C)Oc1ccc2ccccc2c1CNc1ncc([N+](=O)[O-])cn1. The van der Waals surface area contributed by atoms with Gasteiger partial charge in [-0.3, -0.25) is 10.1 Å². The molecule has 0 fully saturated rings. The molecule has 3 aromatic rings. The largest absolute Gasteiger partial charge is 0.491 e. The molecule has 0 unspecified atom stereocenters. The number of hydrogen-bond donors (Lipinski definition) is 1. The fourth-order valence-electron chi connectivity index (χ4n) is 2.54. The summed E-state index contributed by atoms with van der Waals surface area (Å²) in [6.07, 6.45) is 2.42. The summed E-state index contributed by atoms with van der Waals surface area (Å²) in [5.74, 6) is 1.12. The number of ether oxygens (including phenoxy) is 1. The average Bonchev–Trinajstić information content (AvgIpc) is 2.60. The van der Waals surface area contributed by atoms with Crippen molar-refractivity contribution in [1.82, 2.24) is 9.97 Å².